The van der Waals surface area contributed by atoms with Gasteiger partial charge in [0.1, 0.15) is 23.2 Å². The smallest absolute Gasteiger partial charge is 0.144 e. The van der Waals surface area contributed by atoms with Crippen LogP contribution >= 0.6 is 0 Å². The molecule has 2 aromatic rings. The minimum absolute atomic E-state index is 0.0257. The molecular formula is C16H14FNO. The van der Waals surface area contributed by atoms with Gasteiger partial charge in [-0.25, -0.2) is 4.39 Å². The van der Waals surface area contributed by atoms with Crippen LogP contribution < -0.4 is 4.74 Å². The van der Waals surface area contributed by atoms with E-state index >= 15 is 0 Å². The number of ether oxygens (including phenoxy) is 1. The molecule has 0 unspecified atom stereocenters. The Balaban J connectivity index is 1.87. The molecule has 0 amide bonds. The third-order valence-electron chi connectivity index (χ3n) is 2.80. The molecule has 0 aliphatic rings. The summed E-state index contributed by atoms with van der Waals surface area (Å²) in [5.74, 6) is -0.223. The zero-order valence-corrected chi connectivity index (χ0v) is 10.5. The van der Waals surface area contributed by atoms with Crippen molar-refractivity contribution in [3.8, 4) is 11.8 Å². The second-order valence-corrected chi connectivity index (χ2v) is 4.16. The van der Waals surface area contributed by atoms with Crippen LogP contribution in [0.1, 0.15) is 17.5 Å². The van der Waals surface area contributed by atoms with E-state index in [1.165, 1.54) is 11.6 Å². The van der Waals surface area contributed by atoms with Crippen LogP contribution in [0.15, 0.2) is 48.5 Å². The minimum Gasteiger partial charge on any atom is -0.492 e. The lowest BCUT2D eigenvalue weighted by molar-refractivity contribution is 0.308. The second kappa shape index (κ2) is 6.55. The summed E-state index contributed by atoms with van der Waals surface area (Å²) < 4.78 is 18.8. The Morgan fingerprint density at radius 1 is 1.05 bits per heavy atom. The van der Waals surface area contributed by atoms with E-state index < -0.39 is 5.82 Å². The molecule has 0 atom stereocenters. The molecule has 2 nitrogen and oxygen atoms in total. The maximum Gasteiger partial charge on any atom is 0.144 e. The lowest BCUT2D eigenvalue weighted by Crippen LogP contribution is -2.01. The van der Waals surface area contributed by atoms with Crippen molar-refractivity contribution in [2.45, 2.75) is 12.8 Å². The third-order valence-corrected chi connectivity index (χ3v) is 2.80. The molecule has 0 fully saturated rings. The predicted octanol–water partition coefficient (Wildman–Crippen LogP) is 3.71. The fourth-order valence-electron chi connectivity index (χ4n) is 1.84. The van der Waals surface area contributed by atoms with Crippen LogP contribution in [0, 0.1) is 17.1 Å². The number of nitriles is 1. The third kappa shape index (κ3) is 3.56. The lowest BCUT2D eigenvalue weighted by Gasteiger charge is -2.08. The fourth-order valence-corrected chi connectivity index (χ4v) is 1.84. The van der Waals surface area contributed by atoms with Crippen molar-refractivity contribution in [3.63, 3.8) is 0 Å². The molecule has 0 radical (unpaired) electrons. The molecular weight excluding hydrogens is 241 g/mol. The molecule has 0 aromatic heterocycles. The van der Waals surface area contributed by atoms with E-state index in [0.717, 1.165) is 12.8 Å². The molecule has 0 N–H and O–H groups in total. The van der Waals surface area contributed by atoms with Crippen molar-refractivity contribution < 1.29 is 9.13 Å². The molecule has 0 aliphatic heterocycles. The Morgan fingerprint density at radius 2 is 1.84 bits per heavy atom. The van der Waals surface area contributed by atoms with Gasteiger partial charge in [-0.3, -0.25) is 0 Å². The summed E-state index contributed by atoms with van der Waals surface area (Å²) in [7, 11) is 0. The Kier molecular flexibility index (Phi) is 4.52. The number of hydrogen-bond donors (Lipinski definition) is 0. The van der Waals surface area contributed by atoms with Crippen molar-refractivity contribution >= 4 is 0 Å². The summed E-state index contributed by atoms with van der Waals surface area (Å²) in [6, 6.07) is 16.3. The van der Waals surface area contributed by atoms with E-state index in [1.807, 2.05) is 24.3 Å². The van der Waals surface area contributed by atoms with E-state index in [1.54, 1.807) is 12.1 Å². The van der Waals surface area contributed by atoms with E-state index in [0.29, 0.717) is 12.4 Å². The van der Waals surface area contributed by atoms with E-state index in [9.17, 15) is 4.39 Å². The number of nitrogens with zero attached hydrogens (tertiary/aromatic N) is 1. The van der Waals surface area contributed by atoms with Gasteiger partial charge in [0, 0.05) is 0 Å². The van der Waals surface area contributed by atoms with Crippen LogP contribution in [0.2, 0.25) is 0 Å². The molecule has 0 bridgehead atoms. The van der Waals surface area contributed by atoms with Gasteiger partial charge >= 0.3 is 0 Å². The SMILES string of the molecule is N#Cc1c(F)cccc1OCCCc1ccccc1. The van der Waals surface area contributed by atoms with Crippen LogP contribution in [-0.4, -0.2) is 6.61 Å². The van der Waals surface area contributed by atoms with Gasteiger partial charge in [-0.2, -0.15) is 5.26 Å². The van der Waals surface area contributed by atoms with Crippen LogP contribution in [0.25, 0.3) is 0 Å². The van der Waals surface area contributed by atoms with Gasteiger partial charge < -0.3 is 4.74 Å². The lowest BCUT2D eigenvalue weighted by atomic mass is 10.1. The summed E-state index contributed by atoms with van der Waals surface area (Å²) in [6.07, 6.45) is 1.73. The summed E-state index contributed by atoms with van der Waals surface area (Å²) in [5.41, 5.74) is 1.22. The highest BCUT2D eigenvalue weighted by Crippen LogP contribution is 2.20. The monoisotopic (exact) mass is 255 g/mol. The zero-order valence-electron chi connectivity index (χ0n) is 10.5. The van der Waals surface area contributed by atoms with Gasteiger partial charge in [-0.05, 0) is 30.5 Å². The molecule has 0 saturated carbocycles. The highest BCUT2D eigenvalue weighted by Gasteiger charge is 2.08. The van der Waals surface area contributed by atoms with Crippen LogP contribution in [-0.2, 0) is 6.42 Å². The molecule has 0 saturated heterocycles. The quantitative estimate of drug-likeness (QED) is 0.763. The molecule has 3 heteroatoms. The van der Waals surface area contributed by atoms with Crippen LogP contribution in [0.5, 0.6) is 5.75 Å². The van der Waals surface area contributed by atoms with Gasteiger partial charge in [-0.15, -0.1) is 0 Å². The minimum atomic E-state index is -0.539. The summed E-state index contributed by atoms with van der Waals surface area (Å²) in [4.78, 5) is 0. The van der Waals surface area contributed by atoms with E-state index in [4.69, 9.17) is 10.00 Å². The van der Waals surface area contributed by atoms with E-state index in [2.05, 4.69) is 12.1 Å². The molecule has 0 aliphatic carbocycles. The van der Waals surface area contributed by atoms with Gasteiger partial charge in [-0.1, -0.05) is 36.4 Å². The molecule has 19 heavy (non-hydrogen) atoms. The van der Waals surface area contributed by atoms with Gasteiger partial charge in [0.05, 0.1) is 6.61 Å². The Hall–Kier alpha value is -2.34. The second-order valence-electron chi connectivity index (χ2n) is 4.16. The average molecular weight is 255 g/mol. The normalized spacial score (nSPS) is 9.89. The highest BCUT2D eigenvalue weighted by molar-refractivity contribution is 5.43. The highest BCUT2D eigenvalue weighted by atomic mass is 19.1. The molecule has 2 aromatic carbocycles. The molecule has 0 spiro atoms. The summed E-state index contributed by atoms with van der Waals surface area (Å²) in [6.45, 7) is 0.465. The first-order valence-electron chi connectivity index (χ1n) is 6.16. The number of halogens is 1. The summed E-state index contributed by atoms with van der Waals surface area (Å²) in [5, 5.41) is 8.86. The Bertz CT molecular complexity index is 575. The zero-order chi connectivity index (χ0) is 13.5. The topological polar surface area (TPSA) is 33.0 Å². The first kappa shape index (κ1) is 13.1. The van der Waals surface area contributed by atoms with Gasteiger partial charge in [0.15, 0.2) is 0 Å². The number of hydrogen-bond acceptors (Lipinski definition) is 2. The van der Waals surface area contributed by atoms with Crippen LogP contribution in [0.4, 0.5) is 4.39 Å². The first-order valence-corrected chi connectivity index (χ1v) is 6.16. The van der Waals surface area contributed by atoms with Crippen molar-refractivity contribution in [2.24, 2.45) is 0 Å². The van der Waals surface area contributed by atoms with E-state index in [-0.39, 0.29) is 5.56 Å². The average Bonchev–Trinajstić information content (AvgIpc) is 2.45. The molecule has 2 rings (SSSR count). The largest absolute Gasteiger partial charge is 0.492 e. The maximum atomic E-state index is 13.3. The van der Waals surface area contributed by atoms with Crippen molar-refractivity contribution in [1.82, 2.24) is 0 Å². The van der Waals surface area contributed by atoms with Gasteiger partial charge in [0.2, 0.25) is 0 Å². The first-order chi connectivity index (χ1) is 9.31. The number of aryl methyl sites for hydroxylation is 1. The standard InChI is InChI=1S/C16H14FNO/c17-15-9-4-10-16(14(15)12-18)19-11-5-8-13-6-2-1-3-7-13/h1-4,6-7,9-10H,5,8,11H2. The number of benzene rings is 2. The Labute approximate surface area is 112 Å². The van der Waals surface area contributed by atoms with Crippen molar-refractivity contribution in [1.29, 1.82) is 5.26 Å². The molecule has 0 heterocycles. The molecule has 96 valence electrons. The van der Waals surface area contributed by atoms with Gasteiger partial charge in [0.25, 0.3) is 0 Å². The van der Waals surface area contributed by atoms with Crippen molar-refractivity contribution in [2.75, 3.05) is 6.61 Å². The Morgan fingerprint density at radius 3 is 2.58 bits per heavy atom. The van der Waals surface area contributed by atoms with Crippen molar-refractivity contribution in [3.05, 3.63) is 65.5 Å². The summed E-state index contributed by atoms with van der Waals surface area (Å²) >= 11 is 0. The number of rotatable bonds is 5. The fraction of sp³-hybridized carbons (Fsp3) is 0.188. The van der Waals surface area contributed by atoms with Crippen LogP contribution in [0.3, 0.4) is 0 Å². The maximum absolute atomic E-state index is 13.3. The predicted molar refractivity (Wildman–Crippen MR) is 71.4 cm³/mol.